The van der Waals surface area contributed by atoms with Gasteiger partial charge in [0, 0.05) is 5.92 Å². The molecule has 70 valence electrons. The van der Waals surface area contributed by atoms with Crippen LogP contribution in [0.5, 0.6) is 0 Å². The summed E-state index contributed by atoms with van der Waals surface area (Å²) in [6, 6.07) is 0. The van der Waals surface area contributed by atoms with Crippen LogP contribution in [0.2, 0.25) is 0 Å². The molecule has 13 heavy (non-hydrogen) atoms. The smallest absolute Gasteiger partial charge is 0.437 e. The van der Waals surface area contributed by atoms with Crippen LogP contribution in [0.4, 0.5) is 0 Å². The van der Waals surface area contributed by atoms with E-state index in [1.54, 1.807) is 0 Å². The lowest BCUT2D eigenvalue weighted by atomic mass is 10.4. The first-order valence-corrected chi connectivity index (χ1v) is 3.96. The molecule has 1 aliphatic rings. The molecule has 0 aromatic carbocycles. The van der Waals surface area contributed by atoms with E-state index >= 15 is 0 Å². The Hall–Kier alpha value is -1.59. The van der Waals surface area contributed by atoms with Crippen LogP contribution in [-0.2, 0) is 11.3 Å². The fourth-order valence-electron chi connectivity index (χ4n) is 1.05. The molecule has 1 saturated carbocycles. The minimum atomic E-state index is -1.10. The molecule has 1 aromatic heterocycles. The molecule has 1 fully saturated rings. The summed E-state index contributed by atoms with van der Waals surface area (Å²) in [6.07, 6.45) is 1.93. The van der Waals surface area contributed by atoms with Crippen molar-refractivity contribution in [3.63, 3.8) is 0 Å². The van der Waals surface area contributed by atoms with Gasteiger partial charge < -0.3 is 9.52 Å². The van der Waals surface area contributed by atoms with E-state index in [0.717, 1.165) is 17.5 Å². The third-order valence-corrected chi connectivity index (χ3v) is 1.83. The van der Waals surface area contributed by atoms with Crippen LogP contribution in [0.25, 0.3) is 0 Å². The lowest BCUT2D eigenvalue weighted by Crippen LogP contribution is -2.20. The topological polar surface area (TPSA) is 85.3 Å². The maximum absolute atomic E-state index is 11.0. The van der Waals surface area contributed by atoms with Crippen LogP contribution in [0.1, 0.15) is 24.7 Å². The average Bonchev–Trinajstić information content (AvgIpc) is 2.79. The van der Waals surface area contributed by atoms with Crippen LogP contribution in [0, 0.1) is 0 Å². The second-order valence-electron chi connectivity index (χ2n) is 3.03. The van der Waals surface area contributed by atoms with Gasteiger partial charge in [0.15, 0.2) is 0 Å². The maximum Gasteiger partial charge on any atom is 0.437 e. The molecule has 0 spiro atoms. The number of hydrogen-bond donors (Lipinski definition) is 1. The monoisotopic (exact) mass is 184 g/mol. The van der Waals surface area contributed by atoms with Crippen LogP contribution in [0.3, 0.4) is 0 Å². The van der Waals surface area contributed by atoms with Crippen molar-refractivity contribution in [1.29, 1.82) is 0 Å². The quantitative estimate of drug-likeness (QED) is 0.702. The van der Waals surface area contributed by atoms with Crippen molar-refractivity contribution in [1.82, 2.24) is 9.78 Å². The molecule has 0 saturated heterocycles. The van der Waals surface area contributed by atoms with E-state index in [2.05, 4.69) is 5.10 Å². The lowest BCUT2D eigenvalue weighted by Gasteiger charge is -1.89. The zero-order chi connectivity index (χ0) is 9.42. The third-order valence-electron chi connectivity index (χ3n) is 1.83. The second-order valence-corrected chi connectivity index (χ2v) is 3.03. The largest absolute Gasteiger partial charge is 0.480 e. The molecule has 0 aliphatic heterocycles. The first kappa shape index (κ1) is 8.03. The first-order valence-electron chi connectivity index (χ1n) is 3.96. The number of nitrogens with zero attached hydrogens (tertiary/aromatic N) is 2. The first-order chi connectivity index (χ1) is 6.16. The van der Waals surface area contributed by atoms with Crippen molar-refractivity contribution >= 4 is 5.97 Å². The Bertz CT molecular complexity index is 387. The predicted molar refractivity (Wildman–Crippen MR) is 40.4 cm³/mol. The number of rotatable bonds is 3. The Morgan fingerprint density at radius 2 is 2.38 bits per heavy atom. The summed E-state index contributed by atoms with van der Waals surface area (Å²) in [5.74, 6) is -1.20. The Morgan fingerprint density at radius 3 is 2.92 bits per heavy atom. The van der Waals surface area contributed by atoms with Crippen LogP contribution in [0.15, 0.2) is 9.21 Å². The molecule has 0 unspecified atom stereocenters. The van der Waals surface area contributed by atoms with Crippen molar-refractivity contribution in [2.45, 2.75) is 25.3 Å². The molecule has 0 bridgehead atoms. The van der Waals surface area contributed by atoms with Crippen molar-refractivity contribution in [2.75, 3.05) is 0 Å². The standard InChI is InChI=1S/C7H8N2O4/c10-5(11)3-9-7(12)13-6(8-9)4-1-2-4/h4H,1-3H2,(H,10,11). The van der Waals surface area contributed by atoms with Crippen molar-refractivity contribution in [3.8, 4) is 0 Å². The summed E-state index contributed by atoms with van der Waals surface area (Å²) >= 11 is 0. The Kier molecular flexibility index (Phi) is 1.68. The van der Waals surface area contributed by atoms with E-state index in [1.807, 2.05) is 0 Å². The van der Waals surface area contributed by atoms with Crippen molar-refractivity contribution in [2.24, 2.45) is 0 Å². The summed E-state index contributed by atoms with van der Waals surface area (Å²) in [5.41, 5.74) is 0. The molecule has 0 radical (unpaired) electrons. The molecule has 6 nitrogen and oxygen atoms in total. The molecule has 1 aliphatic carbocycles. The van der Waals surface area contributed by atoms with Crippen molar-refractivity contribution < 1.29 is 14.3 Å². The highest BCUT2D eigenvalue weighted by Crippen LogP contribution is 2.38. The summed E-state index contributed by atoms with van der Waals surface area (Å²) in [5, 5.41) is 12.2. The van der Waals surface area contributed by atoms with Gasteiger partial charge in [-0.25, -0.2) is 4.79 Å². The highest BCUT2D eigenvalue weighted by Gasteiger charge is 2.30. The highest BCUT2D eigenvalue weighted by atomic mass is 16.4. The van der Waals surface area contributed by atoms with E-state index < -0.39 is 18.3 Å². The third kappa shape index (κ3) is 1.61. The van der Waals surface area contributed by atoms with Crippen molar-refractivity contribution in [3.05, 3.63) is 16.4 Å². The zero-order valence-corrected chi connectivity index (χ0v) is 6.77. The minimum absolute atomic E-state index is 0.225. The van der Waals surface area contributed by atoms with Crippen LogP contribution >= 0.6 is 0 Å². The average molecular weight is 184 g/mol. The Labute approximate surface area is 72.8 Å². The second kappa shape index (κ2) is 2.72. The van der Waals surface area contributed by atoms with E-state index in [9.17, 15) is 9.59 Å². The van der Waals surface area contributed by atoms with Crippen LogP contribution in [-0.4, -0.2) is 20.9 Å². The molecular weight excluding hydrogens is 176 g/mol. The summed E-state index contributed by atoms with van der Waals surface area (Å²) < 4.78 is 5.60. The summed E-state index contributed by atoms with van der Waals surface area (Å²) in [6.45, 7) is -0.435. The van der Waals surface area contributed by atoms with Gasteiger partial charge in [0.1, 0.15) is 6.54 Å². The van der Waals surface area contributed by atoms with Gasteiger partial charge in [0.25, 0.3) is 0 Å². The lowest BCUT2D eigenvalue weighted by molar-refractivity contribution is -0.138. The minimum Gasteiger partial charge on any atom is -0.480 e. The molecule has 1 heterocycles. The molecule has 0 amide bonds. The maximum atomic E-state index is 11.0. The van der Waals surface area contributed by atoms with Gasteiger partial charge >= 0.3 is 11.7 Å². The van der Waals surface area contributed by atoms with Gasteiger partial charge in [-0.1, -0.05) is 0 Å². The number of hydrogen-bond acceptors (Lipinski definition) is 4. The summed E-state index contributed by atoms with van der Waals surface area (Å²) in [7, 11) is 0. The molecular formula is C7H8N2O4. The number of carboxylic acid groups (broad SMARTS) is 1. The normalized spacial score (nSPS) is 16.0. The van der Waals surface area contributed by atoms with Crippen LogP contribution < -0.4 is 5.76 Å². The fourth-order valence-corrected chi connectivity index (χ4v) is 1.05. The highest BCUT2D eigenvalue weighted by molar-refractivity contribution is 5.66. The predicted octanol–water partition coefficient (Wildman–Crippen LogP) is -0.202. The fraction of sp³-hybridized carbons (Fsp3) is 0.571. The molecule has 6 heteroatoms. The van der Waals surface area contributed by atoms with E-state index in [0.29, 0.717) is 5.89 Å². The summed E-state index contributed by atoms with van der Waals surface area (Å²) in [4.78, 5) is 21.3. The Morgan fingerprint density at radius 1 is 1.69 bits per heavy atom. The molecule has 1 aromatic rings. The number of aliphatic carboxylic acids is 1. The van der Waals surface area contributed by atoms with Gasteiger partial charge in [-0.15, -0.1) is 5.10 Å². The molecule has 1 N–H and O–H groups in total. The zero-order valence-electron chi connectivity index (χ0n) is 6.77. The van der Waals surface area contributed by atoms with E-state index in [4.69, 9.17) is 9.52 Å². The molecule has 2 rings (SSSR count). The number of carbonyl (C=O) groups is 1. The van der Waals surface area contributed by atoms with Gasteiger partial charge in [-0.05, 0) is 12.8 Å². The number of aromatic nitrogens is 2. The Balaban J connectivity index is 2.24. The van der Waals surface area contributed by atoms with Gasteiger partial charge in [0.2, 0.25) is 5.89 Å². The van der Waals surface area contributed by atoms with E-state index in [1.165, 1.54) is 0 Å². The SMILES string of the molecule is O=C(O)Cn1nc(C2CC2)oc1=O. The van der Waals surface area contributed by atoms with E-state index in [-0.39, 0.29) is 5.92 Å². The van der Waals surface area contributed by atoms with Gasteiger partial charge in [0.05, 0.1) is 0 Å². The molecule has 0 atom stereocenters. The van der Waals surface area contributed by atoms with Gasteiger partial charge in [-0.2, -0.15) is 4.68 Å². The van der Waals surface area contributed by atoms with Gasteiger partial charge in [-0.3, -0.25) is 4.79 Å². The number of carboxylic acids is 1.